The number of aliphatic hydroxyl groups is 1. The Labute approximate surface area is 47.6 Å². The van der Waals surface area contributed by atoms with E-state index in [0.29, 0.717) is 0 Å². The average Bonchev–Trinajstić information content (AvgIpc) is 0.811. The van der Waals surface area contributed by atoms with Gasteiger partial charge in [0.05, 0.1) is 5.44 Å². The maximum absolute atomic E-state index is 7.92. The molecule has 0 aromatic rings. The third-order valence-electron chi connectivity index (χ3n) is 0. The smallest absolute Gasteiger partial charge is 0.0936 e. The summed E-state index contributed by atoms with van der Waals surface area (Å²) in [5.41, 5.74) is -0.472. The Morgan fingerprint density at radius 2 is 1.80 bits per heavy atom. The number of hydrogen-bond acceptors (Lipinski definition) is 2. The van der Waals surface area contributed by atoms with Gasteiger partial charge in [0.25, 0.3) is 0 Å². The van der Waals surface area contributed by atoms with Crippen LogP contribution in [0.1, 0.15) is 6.92 Å². The van der Waals surface area contributed by atoms with Gasteiger partial charge in [-0.05, 0) is 6.92 Å². The number of hydrogen-bond donors (Lipinski definition) is 2. The first-order chi connectivity index (χ1) is 1.73. The molecular formula is C2H7BrOS. The molecule has 0 bridgehead atoms. The van der Waals surface area contributed by atoms with Crippen LogP contribution in [0.4, 0.5) is 0 Å². The summed E-state index contributed by atoms with van der Waals surface area (Å²) >= 11 is 3.52. The number of aliphatic hydroxyl groups excluding tert-OH is 1. The van der Waals surface area contributed by atoms with E-state index in [1.165, 1.54) is 0 Å². The average molecular weight is 159 g/mol. The van der Waals surface area contributed by atoms with Crippen LogP contribution in [-0.2, 0) is 0 Å². The van der Waals surface area contributed by atoms with Gasteiger partial charge in [0.1, 0.15) is 0 Å². The first-order valence-electron chi connectivity index (χ1n) is 1.09. The van der Waals surface area contributed by atoms with E-state index in [1.54, 1.807) is 6.92 Å². The van der Waals surface area contributed by atoms with Crippen molar-refractivity contribution in [1.29, 1.82) is 0 Å². The molecule has 0 saturated carbocycles. The van der Waals surface area contributed by atoms with E-state index in [0.717, 1.165) is 0 Å². The van der Waals surface area contributed by atoms with Crippen LogP contribution in [0.2, 0.25) is 0 Å². The van der Waals surface area contributed by atoms with Gasteiger partial charge in [-0.1, -0.05) is 0 Å². The van der Waals surface area contributed by atoms with Crippen molar-refractivity contribution in [3.8, 4) is 0 Å². The highest BCUT2D eigenvalue weighted by molar-refractivity contribution is 8.93. The summed E-state index contributed by atoms with van der Waals surface area (Å²) in [6.45, 7) is 1.59. The quantitative estimate of drug-likeness (QED) is 0.396. The van der Waals surface area contributed by atoms with Crippen molar-refractivity contribution in [2.24, 2.45) is 0 Å². The summed E-state index contributed by atoms with van der Waals surface area (Å²) in [5.74, 6) is 0. The van der Waals surface area contributed by atoms with Gasteiger partial charge < -0.3 is 5.11 Å². The molecule has 0 aromatic carbocycles. The molecular weight excluding hydrogens is 152 g/mol. The predicted molar refractivity (Wildman–Crippen MR) is 31.0 cm³/mol. The van der Waals surface area contributed by atoms with Crippen LogP contribution in [0.25, 0.3) is 0 Å². The minimum Gasteiger partial charge on any atom is -0.383 e. The first kappa shape index (κ1) is 9.25. The van der Waals surface area contributed by atoms with Crippen molar-refractivity contribution in [3.63, 3.8) is 0 Å². The van der Waals surface area contributed by atoms with Gasteiger partial charge in [-0.3, -0.25) is 0 Å². The lowest BCUT2D eigenvalue weighted by molar-refractivity contribution is 0.286. The second-order valence-electron chi connectivity index (χ2n) is 0.632. The Morgan fingerprint density at radius 3 is 1.80 bits per heavy atom. The van der Waals surface area contributed by atoms with Crippen LogP contribution in [0, 0.1) is 0 Å². The van der Waals surface area contributed by atoms with Gasteiger partial charge in [-0.2, -0.15) is 0 Å². The molecule has 3 heteroatoms. The molecule has 0 rings (SSSR count). The molecule has 0 fully saturated rings. The monoisotopic (exact) mass is 158 g/mol. The van der Waals surface area contributed by atoms with Crippen molar-refractivity contribution in [1.82, 2.24) is 0 Å². The molecule has 0 aromatic heterocycles. The maximum Gasteiger partial charge on any atom is 0.0936 e. The predicted octanol–water partition coefficient (Wildman–Crippen LogP) is 0.832. The van der Waals surface area contributed by atoms with Gasteiger partial charge in [-0.15, -0.1) is 29.6 Å². The molecule has 0 amide bonds. The fraction of sp³-hybridized carbons (Fsp3) is 1.00. The summed E-state index contributed by atoms with van der Waals surface area (Å²) in [4.78, 5) is 0. The van der Waals surface area contributed by atoms with Crippen molar-refractivity contribution in [2.75, 3.05) is 0 Å². The minimum atomic E-state index is -0.472. The lowest BCUT2D eigenvalue weighted by Crippen LogP contribution is -1.79. The highest BCUT2D eigenvalue weighted by Crippen LogP contribution is 1.78. The minimum absolute atomic E-state index is 0. The standard InChI is InChI=1S/C2H6OS.BrH/c1-2(3)4;/h2-4H,1H3;1H. The molecule has 1 atom stereocenters. The number of thiol groups is 1. The summed E-state index contributed by atoms with van der Waals surface area (Å²) in [6, 6.07) is 0. The zero-order valence-corrected chi connectivity index (χ0v) is 5.49. The van der Waals surface area contributed by atoms with E-state index in [9.17, 15) is 0 Å². The van der Waals surface area contributed by atoms with Gasteiger partial charge in [-0.25, -0.2) is 0 Å². The van der Waals surface area contributed by atoms with Gasteiger partial charge in [0.2, 0.25) is 0 Å². The Bertz CT molecular complexity index is 14.4. The second-order valence-corrected chi connectivity index (χ2v) is 1.38. The Kier molecular flexibility index (Phi) is 8.86. The third-order valence-corrected chi connectivity index (χ3v) is 0. The van der Waals surface area contributed by atoms with Crippen LogP contribution in [0.3, 0.4) is 0 Å². The van der Waals surface area contributed by atoms with E-state index in [2.05, 4.69) is 12.6 Å². The largest absolute Gasteiger partial charge is 0.383 e. The maximum atomic E-state index is 7.92. The van der Waals surface area contributed by atoms with Crippen LogP contribution < -0.4 is 0 Å². The van der Waals surface area contributed by atoms with E-state index in [-0.39, 0.29) is 17.0 Å². The fourth-order valence-electron chi connectivity index (χ4n) is 0. The Hall–Kier alpha value is 0.790. The molecule has 0 saturated heterocycles. The van der Waals surface area contributed by atoms with Crippen molar-refractivity contribution in [3.05, 3.63) is 0 Å². The molecule has 1 unspecified atom stereocenters. The van der Waals surface area contributed by atoms with Crippen LogP contribution in [0.15, 0.2) is 0 Å². The topological polar surface area (TPSA) is 20.2 Å². The number of halogens is 1. The molecule has 0 aliphatic heterocycles. The molecule has 5 heavy (non-hydrogen) atoms. The number of rotatable bonds is 0. The molecule has 0 heterocycles. The van der Waals surface area contributed by atoms with Gasteiger partial charge >= 0.3 is 0 Å². The van der Waals surface area contributed by atoms with E-state index >= 15 is 0 Å². The zero-order chi connectivity index (χ0) is 3.58. The molecule has 1 nitrogen and oxygen atoms in total. The Morgan fingerprint density at radius 1 is 1.80 bits per heavy atom. The SMILES string of the molecule is Br.CC(O)S. The van der Waals surface area contributed by atoms with Crippen LogP contribution in [0.5, 0.6) is 0 Å². The third kappa shape index (κ3) is 59.7. The zero-order valence-electron chi connectivity index (χ0n) is 2.88. The van der Waals surface area contributed by atoms with Crippen LogP contribution >= 0.6 is 29.6 Å². The Balaban J connectivity index is 0. The molecule has 0 spiro atoms. The highest BCUT2D eigenvalue weighted by atomic mass is 79.9. The van der Waals surface area contributed by atoms with Gasteiger partial charge in [0.15, 0.2) is 0 Å². The van der Waals surface area contributed by atoms with Crippen LogP contribution in [-0.4, -0.2) is 10.5 Å². The van der Waals surface area contributed by atoms with Crippen molar-refractivity contribution >= 4 is 29.6 Å². The summed E-state index contributed by atoms with van der Waals surface area (Å²) in [5, 5.41) is 7.92. The normalized spacial score (nSPS) is 12.6. The molecule has 0 radical (unpaired) electrons. The van der Waals surface area contributed by atoms with E-state index < -0.39 is 5.44 Å². The van der Waals surface area contributed by atoms with Crippen molar-refractivity contribution in [2.45, 2.75) is 12.4 Å². The summed E-state index contributed by atoms with van der Waals surface area (Å²) in [6.07, 6.45) is 0. The van der Waals surface area contributed by atoms with E-state index in [1.807, 2.05) is 0 Å². The second kappa shape index (κ2) is 4.79. The summed E-state index contributed by atoms with van der Waals surface area (Å²) in [7, 11) is 0. The summed E-state index contributed by atoms with van der Waals surface area (Å²) < 4.78 is 0. The molecule has 0 aliphatic carbocycles. The van der Waals surface area contributed by atoms with E-state index in [4.69, 9.17) is 5.11 Å². The van der Waals surface area contributed by atoms with Crippen molar-refractivity contribution < 1.29 is 5.11 Å². The first-order valence-corrected chi connectivity index (χ1v) is 1.61. The molecule has 1 N–H and O–H groups in total. The fourth-order valence-corrected chi connectivity index (χ4v) is 0. The molecule has 0 aliphatic rings. The lowest BCUT2D eigenvalue weighted by Gasteiger charge is -1.79. The molecule has 34 valence electrons. The lowest BCUT2D eigenvalue weighted by atomic mass is 10.9. The van der Waals surface area contributed by atoms with Gasteiger partial charge in [0, 0.05) is 0 Å². The highest BCUT2D eigenvalue weighted by Gasteiger charge is 1.70.